The molecule has 47 heavy (non-hydrogen) atoms. The molecule has 0 radical (unpaired) electrons. The molecule has 0 heterocycles. The number of unbranched alkanes of at least 4 members (excludes halogenated alkanes) is 6. The van der Waals surface area contributed by atoms with Crippen LogP contribution in [0.3, 0.4) is 0 Å². The number of carbonyl (C=O) groups excluding carboxylic acids is 4. The van der Waals surface area contributed by atoms with E-state index in [2.05, 4.69) is 16.0 Å². The average molecular weight is 674 g/mol. The van der Waals surface area contributed by atoms with Gasteiger partial charge >= 0.3 is 17.9 Å². The molecule has 0 saturated heterocycles. The summed E-state index contributed by atoms with van der Waals surface area (Å²) < 4.78 is 16.4. The molecule has 0 aliphatic carbocycles. The second-order valence-electron chi connectivity index (χ2n) is 12.4. The zero-order valence-electron chi connectivity index (χ0n) is 28.7. The lowest BCUT2D eigenvalue weighted by Gasteiger charge is -2.19. The van der Waals surface area contributed by atoms with E-state index in [1.165, 1.54) is 0 Å². The fourth-order valence-electron chi connectivity index (χ4n) is 4.27. The van der Waals surface area contributed by atoms with Crippen molar-refractivity contribution in [2.24, 2.45) is 0 Å². The lowest BCUT2D eigenvalue weighted by atomic mass is 10.1. The van der Waals surface area contributed by atoms with Gasteiger partial charge in [0.05, 0.1) is 0 Å². The first-order valence-electron chi connectivity index (χ1n) is 16.9. The normalized spacial score (nSPS) is 11.8. The summed E-state index contributed by atoms with van der Waals surface area (Å²) >= 11 is 0. The molecule has 14 nitrogen and oxygen atoms in total. The van der Waals surface area contributed by atoms with Crippen molar-refractivity contribution < 1.29 is 53.2 Å². The standard InChI is InChI=1S/C33H59N3O11/c1-33(2,3)47-31(42)15-9-7-5-4-6-8-14-27(37)34-20-12-24-45-22-10-11-23-46-25-13-21-35-28(38)17-18-29(39)36-26(32(43)44)16-19-30(40)41/h26H,4-25H2,1-3H3,(H,34,37)(H,35,38)(H,36,39)(H,40,41)(H,43,44)/t26-/m0/s1. The van der Waals surface area contributed by atoms with Crippen LogP contribution in [0.4, 0.5) is 0 Å². The molecule has 0 aliphatic rings. The van der Waals surface area contributed by atoms with Crippen molar-refractivity contribution in [1.82, 2.24) is 16.0 Å². The maximum atomic E-state index is 12.0. The first-order valence-corrected chi connectivity index (χ1v) is 16.9. The molecule has 0 rings (SSSR count). The van der Waals surface area contributed by atoms with Gasteiger partial charge in [0.15, 0.2) is 0 Å². The Bertz CT molecular complexity index is 922. The third-order valence-electron chi connectivity index (χ3n) is 6.72. The molecule has 1 atom stereocenters. The van der Waals surface area contributed by atoms with Gasteiger partial charge in [-0.2, -0.15) is 0 Å². The summed E-state index contributed by atoms with van der Waals surface area (Å²) in [5.74, 6) is -3.53. The number of carboxylic acids is 2. The summed E-state index contributed by atoms with van der Waals surface area (Å²) in [5, 5.41) is 25.5. The summed E-state index contributed by atoms with van der Waals surface area (Å²) in [7, 11) is 0. The van der Waals surface area contributed by atoms with Crippen LogP contribution < -0.4 is 16.0 Å². The Hall–Kier alpha value is -3.26. The zero-order valence-corrected chi connectivity index (χ0v) is 28.7. The van der Waals surface area contributed by atoms with Gasteiger partial charge in [0.1, 0.15) is 11.6 Å². The van der Waals surface area contributed by atoms with Gasteiger partial charge in [-0.1, -0.05) is 25.7 Å². The number of carbonyl (C=O) groups is 6. The van der Waals surface area contributed by atoms with E-state index >= 15 is 0 Å². The predicted octanol–water partition coefficient (Wildman–Crippen LogP) is 3.49. The van der Waals surface area contributed by atoms with Gasteiger partial charge in [-0.25, -0.2) is 4.79 Å². The number of rotatable bonds is 30. The molecular weight excluding hydrogens is 614 g/mol. The Balaban J connectivity index is 3.49. The second kappa shape index (κ2) is 27.8. The van der Waals surface area contributed by atoms with Crippen LogP contribution in [0.15, 0.2) is 0 Å². The van der Waals surface area contributed by atoms with Gasteiger partial charge in [0, 0.05) is 71.6 Å². The number of carboxylic acid groups (broad SMARTS) is 2. The molecule has 272 valence electrons. The van der Waals surface area contributed by atoms with Gasteiger partial charge in [-0.15, -0.1) is 0 Å². The Morgan fingerprint density at radius 1 is 0.574 bits per heavy atom. The van der Waals surface area contributed by atoms with Crippen LogP contribution >= 0.6 is 0 Å². The minimum atomic E-state index is -1.32. The number of nitrogens with one attached hydrogen (secondary N) is 3. The van der Waals surface area contributed by atoms with Gasteiger partial charge in [-0.05, 0) is 65.7 Å². The quantitative estimate of drug-likeness (QED) is 0.0551. The smallest absolute Gasteiger partial charge is 0.326 e. The maximum absolute atomic E-state index is 12.0. The highest BCUT2D eigenvalue weighted by molar-refractivity contribution is 5.87. The number of ether oxygens (including phenoxy) is 3. The van der Waals surface area contributed by atoms with Crippen molar-refractivity contribution >= 4 is 35.6 Å². The molecule has 0 fully saturated rings. The molecule has 0 bridgehead atoms. The number of aliphatic carboxylic acids is 2. The largest absolute Gasteiger partial charge is 0.481 e. The fourth-order valence-corrected chi connectivity index (χ4v) is 4.27. The fraction of sp³-hybridized carbons (Fsp3) is 0.818. The van der Waals surface area contributed by atoms with E-state index in [0.29, 0.717) is 58.8 Å². The van der Waals surface area contributed by atoms with Gasteiger partial charge < -0.3 is 40.4 Å². The highest BCUT2D eigenvalue weighted by Crippen LogP contribution is 2.12. The molecule has 3 amide bonds. The van der Waals surface area contributed by atoms with E-state index in [9.17, 15) is 28.8 Å². The van der Waals surface area contributed by atoms with E-state index in [1.807, 2.05) is 20.8 Å². The molecule has 0 unspecified atom stereocenters. The molecular formula is C33H59N3O11. The van der Waals surface area contributed by atoms with Crippen LogP contribution in [-0.2, 0) is 43.0 Å². The molecule has 0 aliphatic heterocycles. The van der Waals surface area contributed by atoms with E-state index in [0.717, 1.165) is 57.8 Å². The van der Waals surface area contributed by atoms with Gasteiger partial charge in [0.2, 0.25) is 17.7 Å². The van der Waals surface area contributed by atoms with Gasteiger partial charge in [-0.3, -0.25) is 24.0 Å². The van der Waals surface area contributed by atoms with Crippen LogP contribution in [0.5, 0.6) is 0 Å². The molecule has 0 aromatic heterocycles. The second-order valence-corrected chi connectivity index (χ2v) is 12.4. The van der Waals surface area contributed by atoms with E-state index in [1.54, 1.807) is 0 Å². The average Bonchev–Trinajstić information content (AvgIpc) is 2.98. The van der Waals surface area contributed by atoms with E-state index in [4.69, 9.17) is 24.4 Å². The molecule has 0 aromatic carbocycles. The number of amides is 3. The Labute approximate surface area is 279 Å². The molecule has 0 aromatic rings. The van der Waals surface area contributed by atoms with Crippen LogP contribution in [0.2, 0.25) is 0 Å². The lowest BCUT2D eigenvalue weighted by molar-refractivity contribution is -0.155. The maximum Gasteiger partial charge on any atom is 0.326 e. The minimum absolute atomic E-state index is 0.0661. The van der Waals surface area contributed by atoms with Crippen molar-refractivity contribution in [3.8, 4) is 0 Å². The SMILES string of the molecule is CC(C)(C)OC(=O)CCCCCCCCC(=O)NCCCOCCCCOCCCNC(=O)CCC(=O)N[C@@H](CCC(=O)O)C(=O)O. The summed E-state index contributed by atoms with van der Waals surface area (Å²) in [5.41, 5.74) is -0.431. The van der Waals surface area contributed by atoms with Crippen molar-refractivity contribution in [2.75, 3.05) is 39.5 Å². The number of hydrogen-bond acceptors (Lipinski definition) is 9. The van der Waals surface area contributed by atoms with Crippen molar-refractivity contribution in [3.63, 3.8) is 0 Å². The van der Waals surface area contributed by atoms with Crippen LogP contribution in [-0.4, -0.2) is 97.0 Å². The Morgan fingerprint density at radius 3 is 1.55 bits per heavy atom. The van der Waals surface area contributed by atoms with E-state index < -0.39 is 29.5 Å². The highest BCUT2D eigenvalue weighted by Gasteiger charge is 2.21. The topological polar surface area (TPSA) is 207 Å². The molecule has 0 saturated carbocycles. The number of esters is 1. The minimum Gasteiger partial charge on any atom is -0.481 e. The lowest BCUT2D eigenvalue weighted by Crippen LogP contribution is -2.41. The third kappa shape index (κ3) is 31.1. The summed E-state index contributed by atoms with van der Waals surface area (Å²) in [6.45, 7) is 8.83. The first-order chi connectivity index (χ1) is 22.3. The molecule has 0 spiro atoms. The highest BCUT2D eigenvalue weighted by atomic mass is 16.6. The zero-order chi connectivity index (χ0) is 35.3. The van der Waals surface area contributed by atoms with Gasteiger partial charge in [0.25, 0.3) is 0 Å². The Kier molecular flexibility index (Phi) is 25.9. The molecule has 5 N–H and O–H groups in total. The van der Waals surface area contributed by atoms with E-state index in [-0.39, 0.29) is 43.5 Å². The number of hydrogen-bond donors (Lipinski definition) is 5. The molecule has 14 heteroatoms. The summed E-state index contributed by atoms with van der Waals surface area (Å²) in [6, 6.07) is -1.31. The Morgan fingerprint density at radius 2 is 1.04 bits per heavy atom. The monoisotopic (exact) mass is 673 g/mol. The third-order valence-corrected chi connectivity index (χ3v) is 6.72. The van der Waals surface area contributed by atoms with Crippen LogP contribution in [0.1, 0.15) is 124 Å². The summed E-state index contributed by atoms with van der Waals surface area (Å²) in [6.07, 6.45) is 8.93. The first kappa shape index (κ1) is 43.7. The van der Waals surface area contributed by atoms with Crippen LogP contribution in [0.25, 0.3) is 0 Å². The van der Waals surface area contributed by atoms with Crippen molar-refractivity contribution in [3.05, 3.63) is 0 Å². The predicted molar refractivity (Wildman–Crippen MR) is 175 cm³/mol. The van der Waals surface area contributed by atoms with Crippen molar-refractivity contribution in [2.45, 2.75) is 135 Å². The van der Waals surface area contributed by atoms with Crippen molar-refractivity contribution in [1.29, 1.82) is 0 Å². The summed E-state index contributed by atoms with van der Waals surface area (Å²) in [4.78, 5) is 69.1. The van der Waals surface area contributed by atoms with Crippen LogP contribution in [0, 0.1) is 0 Å².